The SMILES string of the molecule is CC(CCc1ccc(O)cc1)NC(CCC(=O)O)Cc1ccccc1. The molecule has 0 heterocycles. The number of carboxylic acid groups (broad SMARTS) is 1. The lowest BCUT2D eigenvalue weighted by Crippen LogP contribution is -2.38. The van der Waals surface area contributed by atoms with Crippen LogP contribution in [-0.2, 0) is 17.6 Å². The van der Waals surface area contributed by atoms with Gasteiger partial charge in [-0.25, -0.2) is 0 Å². The third kappa shape index (κ3) is 7.40. The molecule has 0 aliphatic rings. The smallest absolute Gasteiger partial charge is 0.303 e. The van der Waals surface area contributed by atoms with Crippen molar-refractivity contribution < 1.29 is 15.0 Å². The summed E-state index contributed by atoms with van der Waals surface area (Å²) in [5.74, 6) is -0.469. The second kappa shape index (κ2) is 9.84. The third-order valence-corrected chi connectivity index (χ3v) is 4.35. The molecule has 3 N–H and O–H groups in total. The standard InChI is InChI=1S/C21H27NO3/c1-16(7-8-17-9-12-20(23)13-10-17)22-19(11-14-21(24)25)15-18-5-3-2-4-6-18/h2-6,9-10,12-13,16,19,22-23H,7-8,11,14-15H2,1H3,(H,24,25). The molecule has 0 aliphatic carbocycles. The van der Waals surface area contributed by atoms with Crippen LogP contribution in [0.2, 0.25) is 0 Å². The quantitative estimate of drug-likeness (QED) is 0.615. The van der Waals surface area contributed by atoms with Crippen LogP contribution in [0, 0.1) is 0 Å². The molecule has 4 heteroatoms. The van der Waals surface area contributed by atoms with Crippen LogP contribution in [-0.4, -0.2) is 28.3 Å². The Kier molecular flexibility index (Phi) is 7.48. The number of aromatic hydroxyl groups is 1. The molecule has 2 unspecified atom stereocenters. The molecule has 0 radical (unpaired) electrons. The number of phenols is 1. The summed E-state index contributed by atoms with van der Waals surface area (Å²) in [5, 5.41) is 21.9. The number of aliphatic carboxylic acids is 1. The summed E-state index contributed by atoms with van der Waals surface area (Å²) in [6, 6.07) is 17.9. The van der Waals surface area contributed by atoms with E-state index in [-0.39, 0.29) is 24.3 Å². The van der Waals surface area contributed by atoms with Crippen molar-refractivity contribution in [1.29, 1.82) is 0 Å². The topological polar surface area (TPSA) is 69.6 Å². The van der Waals surface area contributed by atoms with Gasteiger partial charge in [-0.1, -0.05) is 42.5 Å². The lowest BCUT2D eigenvalue weighted by Gasteiger charge is -2.23. The van der Waals surface area contributed by atoms with E-state index < -0.39 is 5.97 Å². The minimum atomic E-state index is -0.753. The number of phenolic OH excluding ortho intramolecular Hbond substituents is 1. The maximum Gasteiger partial charge on any atom is 0.303 e. The Morgan fingerprint density at radius 3 is 2.32 bits per heavy atom. The summed E-state index contributed by atoms with van der Waals surface area (Å²) >= 11 is 0. The molecule has 0 aromatic heterocycles. The van der Waals surface area contributed by atoms with Crippen LogP contribution in [0.25, 0.3) is 0 Å². The van der Waals surface area contributed by atoms with Crippen LogP contribution in [0.4, 0.5) is 0 Å². The average Bonchev–Trinajstić information content (AvgIpc) is 2.60. The van der Waals surface area contributed by atoms with E-state index in [9.17, 15) is 9.90 Å². The van der Waals surface area contributed by atoms with Crippen molar-refractivity contribution in [2.45, 2.75) is 51.1 Å². The van der Waals surface area contributed by atoms with Gasteiger partial charge in [-0.15, -0.1) is 0 Å². The fourth-order valence-electron chi connectivity index (χ4n) is 2.97. The molecule has 0 aliphatic heterocycles. The Morgan fingerprint density at radius 2 is 1.68 bits per heavy atom. The van der Waals surface area contributed by atoms with Crippen LogP contribution >= 0.6 is 0 Å². The number of nitrogens with one attached hydrogen (secondary N) is 1. The second-order valence-electron chi connectivity index (χ2n) is 6.59. The Balaban J connectivity index is 1.87. The van der Waals surface area contributed by atoms with Gasteiger partial charge in [0.1, 0.15) is 5.75 Å². The van der Waals surface area contributed by atoms with Crippen molar-refractivity contribution >= 4 is 5.97 Å². The van der Waals surface area contributed by atoms with Gasteiger partial charge in [-0.05, 0) is 55.9 Å². The highest BCUT2D eigenvalue weighted by atomic mass is 16.4. The van der Waals surface area contributed by atoms with Crippen LogP contribution in [0.5, 0.6) is 5.75 Å². The molecule has 0 fully saturated rings. The summed E-state index contributed by atoms with van der Waals surface area (Å²) in [6.07, 6.45) is 3.51. The maximum absolute atomic E-state index is 10.9. The average molecular weight is 341 g/mol. The van der Waals surface area contributed by atoms with E-state index in [0.717, 1.165) is 19.3 Å². The number of aryl methyl sites for hydroxylation is 1. The predicted molar refractivity (Wildman–Crippen MR) is 99.8 cm³/mol. The lowest BCUT2D eigenvalue weighted by molar-refractivity contribution is -0.137. The van der Waals surface area contributed by atoms with E-state index in [0.29, 0.717) is 6.42 Å². The first kappa shape index (κ1) is 19.0. The Hall–Kier alpha value is -2.33. The molecular formula is C21H27NO3. The van der Waals surface area contributed by atoms with E-state index in [1.807, 2.05) is 30.3 Å². The van der Waals surface area contributed by atoms with Crippen molar-refractivity contribution in [3.05, 3.63) is 65.7 Å². The molecule has 2 rings (SSSR count). The first-order valence-electron chi connectivity index (χ1n) is 8.82. The van der Waals surface area contributed by atoms with Gasteiger partial charge in [0.15, 0.2) is 0 Å². The van der Waals surface area contributed by atoms with Crippen LogP contribution in [0.1, 0.15) is 37.3 Å². The molecule has 0 spiro atoms. The number of benzene rings is 2. The number of rotatable bonds is 10. The van der Waals surface area contributed by atoms with Crippen LogP contribution in [0.3, 0.4) is 0 Å². The van der Waals surface area contributed by atoms with Crippen molar-refractivity contribution in [2.24, 2.45) is 0 Å². The molecule has 2 atom stereocenters. The van der Waals surface area contributed by atoms with Crippen LogP contribution < -0.4 is 5.32 Å². The van der Waals surface area contributed by atoms with E-state index in [1.165, 1.54) is 11.1 Å². The lowest BCUT2D eigenvalue weighted by atomic mass is 9.99. The minimum Gasteiger partial charge on any atom is -0.508 e. The van der Waals surface area contributed by atoms with Gasteiger partial charge in [-0.3, -0.25) is 4.79 Å². The van der Waals surface area contributed by atoms with E-state index in [4.69, 9.17) is 5.11 Å². The fraction of sp³-hybridized carbons (Fsp3) is 0.381. The zero-order valence-electron chi connectivity index (χ0n) is 14.7. The normalized spacial score (nSPS) is 13.3. The Labute approximate surface area is 149 Å². The maximum atomic E-state index is 10.9. The predicted octanol–water partition coefficient (Wildman–Crippen LogP) is 3.78. The third-order valence-electron chi connectivity index (χ3n) is 4.35. The largest absolute Gasteiger partial charge is 0.508 e. The summed E-state index contributed by atoms with van der Waals surface area (Å²) < 4.78 is 0. The first-order valence-corrected chi connectivity index (χ1v) is 8.82. The molecule has 4 nitrogen and oxygen atoms in total. The van der Waals surface area contributed by atoms with Crippen molar-refractivity contribution in [3.63, 3.8) is 0 Å². The van der Waals surface area contributed by atoms with Crippen molar-refractivity contribution in [3.8, 4) is 5.75 Å². The van der Waals surface area contributed by atoms with Crippen LogP contribution in [0.15, 0.2) is 54.6 Å². The van der Waals surface area contributed by atoms with Crippen molar-refractivity contribution in [2.75, 3.05) is 0 Å². The Bertz CT molecular complexity index is 640. The Morgan fingerprint density at radius 1 is 1.00 bits per heavy atom. The van der Waals surface area contributed by atoms with Crippen molar-refractivity contribution in [1.82, 2.24) is 5.32 Å². The zero-order chi connectivity index (χ0) is 18.1. The van der Waals surface area contributed by atoms with Gasteiger partial charge < -0.3 is 15.5 Å². The highest BCUT2D eigenvalue weighted by Gasteiger charge is 2.14. The highest BCUT2D eigenvalue weighted by molar-refractivity contribution is 5.66. The monoisotopic (exact) mass is 341 g/mol. The van der Waals surface area contributed by atoms with E-state index in [1.54, 1.807) is 12.1 Å². The van der Waals surface area contributed by atoms with E-state index >= 15 is 0 Å². The molecule has 0 saturated heterocycles. The zero-order valence-corrected chi connectivity index (χ0v) is 14.7. The fourth-order valence-corrected chi connectivity index (χ4v) is 2.97. The minimum absolute atomic E-state index is 0.147. The molecule has 0 bridgehead atoms. The summed E-state index contributed by atoms with van der Waals surface area (Å²) in [6.45, 7) is 2.14. The number of carboxylic acids is 1. The van der Waals surface area contributed by atoms with Gasteiger partial charge in [0.2, 0.25) is 0 Å². The summed E-state index contributed by atoms with van der Waals surface area (Å²) in [5.41, 5.74) is 2.41. The number of carbonyl (C=O) groups is 1. The number of hydrogen-bond donors (Lipinski definition) is 3. The van der Waals surface area contributed by atoms with Gasteiger partial charge in [0.25, 0.3) is 0 Å². The second-order valence-corrected chi connectivity index (χ2v) is 6.59. The molecule has 134 valence electrons. The number of hydrogen-bond acceptors (Lipinski definition) is 3. The molecule has 25 heavy (non-hydrogen) atoms. The molecule has 0 saturated carbocycles. The summed E-state index contributed by atoms with van der Waals surface area (Å²) in [4.78, 5) is 10.9. The van der Waals surface area contributed by atoms with Gasteiger partial charge >= 0.3 is 5.97 Å². The molecular weight excluding hydrogens is 314 g/mol. The van der Waals surface area contributed by atoms with Gasteiger partial charge in [0, 0.05) is 18.5 Å². The first-order chi connectivity index (χ1) is 12.0. The van der Waals surface area contributed by atoms with Gasteiger partial charge in [0.05, 0.1) is 0 Å². The van der Waals surface area contributed by atoms with E-state index in [2.05, 4.69) is 24.4 Å². The summed E-state index contributed by atoms with van der Waals surface area (Å²) in [7, 11) is 0. The molecule has 2 aromatic rings. The van der Waals surface area contributed by atoms with Gasteiger partial charge in [-0.2, -0.15) is 0 Å². The molecule has 2 aromatic carbocycles. The molecule has 0 amide bonds. The highest BCUT2D eigenvalue weighted by Crippen LogP contribution is 2.13.